The lowest BCUT2D eigenvalue weighted by atomic mass is 10.1. The first-order valence-electron chi connectivity index (χ1n) is 7.91. The smallest absolute Gasteiger partial charge is 0.257 e. The lowest BCUT2D eigenvalue weighted by Crippen LogP contribution is -2.30. The maximum absolute atomic E-state index is 12.7. The molecule has 0 saturated carbocycles. The SMILES string of the molecule is Cc1ccc(C)c(NC(=O)c2cc(S(=O)(=O)NC(C)C)c(Cl)cc2Cl)c1. The number of halogens is 2. The van der Waals surface area contributed by atoms with E-state index >= 15 is 0 Å². The number of hydrogen-bond acceptors (Lipinski definition) is 3. The molecule has 2 rings (SSSR count). The molecular formula is C18H20Cl2N2O3S. The summed E-state index contributed by atoms with van der Waals surface area (Å²) in [6, 6.07) is 7.78. The van der Waals surface area contributed by atoms with Gasteiger partial charge in [-0.1, -0.05) is 35.3 Å². The van der Waals surface area contributed by atoms with Crippen LogP contribution in [0.4, 0.5) is 5.69 Å². The third-order valence-corrected chi connectivity index (χ3v) is 6.02. The van der Waals surface area contributed by atoms with Gasteiger partial charge >= 0.3 is 0 Å². The first kappa shape index (κ1) is 20.7. The summed E-state index contributed by atoms with van der Waals surface area (Å²) in [4.78, 5) is 12.5. The molecule has 0 unspecified atom stereocenters. The molecule has 0 bridgehead atoms. The number of carbonyl (C=O) groups excluding carboxylic acids is 1. The van der Waals surface area contributed by atoms with E-state index in [2.05, 4.69) is 10.0 Å². The van der Waals surface area contributed by atoms with Gasteiger partial charge in [-0.15, -0.1) is 0 Å². The van der Waals surface area contributed by atoms with Crippen molar-refractivity contribution < 1.29 is 13.2 Å². The van der Waals surface area contributed by atoms with Crippen LogP contribution in [0, 0.1) is 13.8 Å². The fourth-order valence-corrected chi connectivity index (χ4v) is 4.45. The first-order valence-corrected chi connectivity index (χ1v) is 10.1. The predicted octanol–water partition coefficient (Wildman–Crippen LogP) is 4.55. The van der Waals surface area contributed by atoms with Crippen LogP contribution in [0.2, 0.25) is 10.0 Å². The topological polar surface area (TPSA) is 75.3 Å². The standard InChI is InChI=1S/C18H20Cl2N2O3S/c1-10(2)22-26(24,25)17-8-13(14(19)9-15(17)20)18(23)21-16-7-11(3)5-6-12(16)4/h5-10,22H,1-4H3,(H,21,23). The summed E-state index contributed by atoms with van der Waals surface area (Å²) in [6.07, 6.45) is 0. The van der Waals surface area contributed by atoms with Gasteiger partial charge in [0.25, 0.3) is 5.91 Å². The van der Waals surface area contributed by atoms with Gasteiger partial charge in [-0.05, 0) is 57.0 Å². The average Bonchev–Trinajstić information content (AvgIpc) is 2.49. The van der Waals surface area contributed by atoms with Gasteiger partial charge in [-0.25, -0.2) is 13.1 Å². The Hall–Kier alpha value is -1.60. The molecule has 0 saturated heterocycles. The van der Waals surface area contributed by atoms with Crippen molar-refractivity contribution in [3.8, 4) is 0 Å². The van der Waals surface area contributed by atoms with Crippen molar-refractivity contribution in [1.29, 1.82) is 0 Å². The highest BCUT2D eigenvalue weighted by molar-refractivity contribution is 7.89. The monoisotopic (exact) mass is 414 g/mol. The molecular weight excluding hydrogens is 395 g/mol. The van der Waals surface area contributed by atoms with Crippen molar-refractivity contribution >= 4 is 44.8 Å². The Balaban J connectivity index is 2.45. The van der Waals surface area contributed by atoms with Crippen molar-refractivity contribution in [2.75, 3.05) is 5.32 Å². The summed E-state index contributed by atoms with van der Waals surface area (Å²) >= 11 is 12.2. The number of nitrogens with one attached hydrogen (secondary N) is 2. The fourth-order valence-electron chi connectivity index (χ4n) is 2.34. The summed E-state index contributed by atoms with van der Waals surface area (Å²) in [5.74, 6) is -0.513. The molecule has 2 aromatic carbocycles. The second-order valence-electron chi connectivity index (χ2n) is 6.31. The van der Waals surface area contributed by atoms with Crippen LogP contribution in [0.5, 0.6) is 0 Å². The van der Waals surface area contributed by atoms with Gasteiger partial charge in [-0.3, -0.25) is 4.79 Å². The molecule has 0 spiro atoms. The normalized spacial score (nSPS) is 11.7. The number of amides is 1. The zero-order valence-electron chi connectivity index (χ0n) is 14.9. The summed E-state index contributed by atoms with van der Waals surface area (Å²) in [6.45, 7) is 7.15. The highest BCUT2D eigenvalue weighted by atomic mass is 35.5. The number of hydrogen-bond donors (Lipinski definition) is 2. The lowest BCUT2D eigenvalue weighted by molar-refractivity contribution is 0.102. The highest BCUT2D eigenvalue weighted by Gasteiger charge is 2.23. The average molecular weight is 415 g/mol. The Labute approximate surface area is 163 Å². The van der Waals surface area contributed by atoms with Crippen LogP contribution in [0.3, 0.4) is 0 Å². The van der Waals surface area contributed by atoms with E-state index in [0.717, 1.165) is 11.1 Å². The molecule has 0 aliphatic rings. The Kier molecular flexibility index (Phi) is 6.34. The van der Waals surface area contributed by atoms with E-state index in [1.54, 1.807) is 13.8 Å². The third kappa shape index (κ3) is 4.76. The molecule has 0 atom stereocenters. The molecule has 1 amide bonds. The minimum atomic E-state index is -3.87. The van der Waals surface area contributed by atoms with E-state index in [4.69, 9.17) is 23.2 Å². The quantitative estimate of drug-likeness (QED) is 0.753. The second kappa shape index (κ2) is 7.96. The molecule has 0 aliphatic heterocycles. The van der Waals surface area contributed by atoms with E-state index in [-0.39, 0.29) is 26.5 Å². The first-order chi connectivity index (χ1) is 12.0. The van der Waals surface area contributed by atoms with Crippen molar-refractivity contribution in [3.05, 3.63) is 57.1 Å². The van der Waals surface area contributed by atoms with E-state index in [1.165, 1.54) is 12.1 Å². The third-order valence-electron chi connectivity index (χ3n) is 3.59. The minimum Gasteiger partial charge on any atom is -0.322 e. The van der Waals surface area contributed by atoms with Gasteiger partial charge in [0.05, 0.1) is 15.6 Å². The van der Waals surface area contributed by atoms with Crippen molar-refractivity contribution in [3.63, 3.8) is 0 Å². The fraction of sp³-hybridized carbons (Fsp3) is 0.278. The number of carbonyl (C=O) groups is 1. The van der Waals surface area contributed by atoms with Gasteiger partial charge in [0.2, 0.25) is 10.0 Å². The minimum absolute atomic E-state index is 0.0288. The Bertz CT molecular complexity index is 957. The molecule has 0 aromatic heterocycles. The number of rotatable bonds is 5. The van der Waals surface area contributed by atoms with Crippen molar-refractivity contribution in [2.45, 2.75) is 38.6 Å². The zero-order chi connectivity index (χ0) is 19.6. The van der Waals surface area contributed by atoms with E-state index in [1.807, 2.05) is 32.0 Å². The summed E-state index contributed by atoms with van der Waals surface area (Å²) < 4.78 is 27.3. The number of benzene rings is 2. The lowest BCUT2D eigenvalue weighted by Gasteiger charge is -2.14. The van der Waals surface area contributed by atoms with Crippen LogP contribution < -0.4 is 10.0 Å². The van der Waals surface area contributed by atoms with Crippen molar-refractivity contribution in [1.82, 2.24) is 4.72 Å². The highest BCUT2D eigenvalue weighted by Crippen LogP contribution is 2.30. The Morgan fingerprint density at radius 2 is 1.69 bits per heavy atom. The molecule has 0 heterocycles. The molecule has 26 heavy (non-hydrogen) atoms. The van der Waals surface area contributed by atoms with Gasteiger partial charge in [0, 0.05) is 11.7 Å². The van der Waals surface area contributed by atoms with Gasteiger partial charge < -0.3 is 5.32 Å². The van der Waals surface area contributed by atoms with Crippen LogP contribution in [0.25, 0.3) is 0 Å². The number of sulfonamides is 1. The van der Waals surface area contributed by atoms with E-state index in [0.29, 0.717) is 5.69 Å². The molecule has 8 heteroatoms. The molecule has 140 valence electrons. The summed E-state index contributed by atoms with van der Waals surface area (Å²) in [5.41, 5.74) is 2.52. The molecule has 0 aliphatic carbocycles. The van der Waals surface area contributed by atoms with Crippen LogP contribution >= 0.6 is 23.2 Å². The van der Waals surface area contributed by atoms with E-state index < -0.39 is 15.9 Å². The maximum Gasteiger partial charge on any atom is 0.257 e. The van der Waals surface area contributed by atoms with E-state index in [9.17, 15) is 13.2 Å². The number of anilines is 1. The summed E-state index contributed by atoms with van der Waals surface area (Å²) in [5, 5.41) is 2.79. The molecule has 0 radical (unpaired) electrons. The van der Waals surface area contributed by atoms with Gasteiger partial charge in [0.1, 0.15) is 4.90 Å². The second-order valence-corrected chi connectivity index (χ2v) is 8.81. The molecule has 5 nitrogen and oxygen atoms in total. The van der Waals surface area contributed by atoms with Crippen molar-refractivity contribution in [2.24, 2.45) is 0 Å². The molecule has 2 N–H and O–H groups in total. The Morgan fingerprint density at radius 3 is 2.31 bits per heavy atom. The maximum atomic E-state index is 12.7. The van der Waals surface area contributed by atoms with Crippen LogP contribution in [0.15, 0.2) is 35.2 Å². The molecule has 2 aromatic rings. The molecule has 0 fully saturated rings. The van der Waals surface area contributed by atoms with Crippen LogP contribution in [0.1, 0.15) is 35.3 Å². The van der Waals surface area contributed by atoms with Gasteiger partial charge in [-0.2, -0.15) is 0 Å². The largest absolute Gasteiger partial charge is 0.322 e. The zero-order valence-corrected chi connectivity index (χ0v) is 17.2. The predicted molar refractivity (Wildman–Crippen MR) is 106 cm³/mol. The summed E-state index contributed by atoms with van der Waals surface area (Å²) in [7, 11) is -3.87. The number of aryl methyl sites for hydroxylation is 2. The van der Waals surface area contributed by atoms with Crippen LogP contribution in [-0.2, 0) is 10.0 Å². The van der Waals surface area contributed by atoms with Crippen LogP contribution in [-0.4, -0.2) is 20.4 Å². The Morgan fingerprint density at radius 1 is 1.04 bits per heavy atom. The van der Waals surface area contributed by atoms with Gasteiger partial charge in [0.15, 0.2) is 0 Å².